The number of nitrogens with one attached hydrogen (secondary N) is 1. The largest absolute Gasteiger partial charge is 0.395 e. The third-order valence-electron chi connectivity index (χ3n) is 2.19. The lowest BCUT2D eigenvalue weighted by Gasteiger charge is -2.18. The van der Waals surface area contributed by atoms with Crippen LogP contribution < -0.4 is 10.2 Å². The highest BCUT2D eigenvalue weighted by Gasteiger charge is 1.98. The van der Waals surface area contributed by atoms with Crippen molar-refractivity contribution < 1.29 is 5.11 Å². The molecule has 0 unspecified atom stereocenters. The molecule has 0 fully saturated rings. The second kappa shape index (κ2) is 5.62. The van der Waals surface area contributed by atoms with Gasteiger partial charge in [-0.3, -0.25) is 0 Å². The maximum absolute atomic E-state index is 8.79. The molecule has 1 aromatic rings. The van der Waals surface area contributed by atoms with E-state index < -0.39 is 0 Å². The van der Waals surface area contributed by atoms with Crippen molar-refractivity contribution in [1.82, 2.24) is 5.32 Å². The highest BCUT2D eigenvalue weighted by Crippen LogP contribution is 2.13. The van der Waals surface area contributed by atoms with E-state index in [0.29, 0.717) is 6.54 Å². The molecule has 2 N–H and O–H groups in total. The van der Waals surface area contributed by atoms with Crippen molar-refractivity contribution in [2.75, 3.05) is 32.1 Å². The Hall–Kier alpha value is -1.06. The van der Waals surface area contributed by atoms with Gasteiger partial charge in [-0.05, 0) is 24.7 Å². The fourth-order valence-electron chi connectivity index (χ4n) is 1.35. The first-order valence-corrected chi connectivity index (χ1v) is 4.83. The molecule has 14 heavy (non-hydrogen) atoms. The van der Waals surface area contributed by atoms with E-state index in [2.05, 4.69) is 29.6 Å². The van der Waals surface area contributed by atoms with Crippen LogP contribution in [0.2, 0.25) is 0 Å². The van der Waals surface area contributed by atoms with Gasteiger partial charge in [-0.1, -0.05) is 12.1 Å². The van der Waals surface area contributed by atoms with Crippen molar-refractivity contribution in [3.05, 3.63) is 29.8 Å². The van der Waals surface area contributed by atoms with Gasteiger partial charge in [0.15, 0.2) is 0 Å². The first-order chi connectivity index (χ1) is 6.77. The van der Waals surface area contributed by atoms with Crippen LogP contribution in [0.15, 0.2) is 24.3 Å². The van der Waals surface area contributed by atoms with Crippen LogP contribution in [0, 0.1) is 0 Å². The molecule has 1 aromatic carbocycles. The van der Waals surface area contributed by atoms with Crippen LogP contribution in [0.4, 0.5) is 5.69 Å². The number of nitrogens with zero attached hydrogens (tertiary/aromatic N) is 1. The van der Waals surface area contributed by atoms with Gasteiger partial charge in [-0.25, -0.2) is 0 Å². The Balaban J connectivity index is 2.62. The quantitative estimate of drug-likeness (QED) is 0.729. The highest BCUT2D eigenvalue weighted by molar-refractivity contribution is 5.46. The molecule has 0 spiro atoms. The Morgan fingerprint density at radius 3 is 2.43 bits per heavy atom. The summed E-state index contributed by atoms with van der Waals surface area (Å²) in [4.78, 5) is 2.03. The number of likely N-dealkylation sites (N-methyl/N-ethyl adjacent to an activating group) is 1. The molecule has 0 atom stereocenters. The van der Waals surface area contributed by atoms with E-state index in [1.54, 1.807) is 0 Å². The first kappa shape index (κ1) is 11.0. The van der Waals surface area contributed by atoms with Crippen molar-refractivity contribution in [2.45, 2.75) is 6.54 Å². The predicted octanol–water partition coefficient (Wildman–Crippen LogP) is 0.834. The van der Waals surface area contributed by atoms with Crippen LogP contribution >= 0.6 is 0 Å². The zero-order valence-electron chi connectivity index (χ0n) is 8.83. The Labute approximate surface area is 85.4 Å². The monoisotopic (exact) mass is 194 g/mol. The maximum Gasteiger partial charge on any atom is 0.0606 e. The molecular formula is C11H18N2O. The summed E-state index contributed by atoms with van der Waals surface area (Å²) in [6.07, 6.45) is 0. The summed E-state index contributed by atoms with van der Waals surface area (Å²) in [5, 5.41) is 11.9. The average Bonchev–Trinajstić information content (AvgIpc) is 2.20. The minimum Gasteiger partial charge on any atom is -0.395 e. The number of aliphatic hydroxyl groups excluding tert-OH is 1. The van der Waals surface area contributed by atoms with Crippen molar-refractivity contribution >= 4 is 5.69 Å². The first-order valence-electron chi connectivity index (χ1n) is 4.83. The van der Waals surface area contributed by atoms with E-state index in [4.69, 9.17) is 5.11 Å². The zero-order chi connectivity index (χ0) is 10.4. The normalized spacial score (nSPS) is 10.2. The van der Waals surface area contributed by atoms with Gasteiger partial charge in [0.1, 0.15) is 0 Å². The van der Waals surface area contributed by atoms with Crippen molar-refractivity contribution in [2.24, 2.45) is 0 Å². The lowest BCUT2D eigenvalue weighted by Crippen LogP contribution is -2.21. The SMILES string of the molecule is CNCc1ccc(N(C)CCO)cc1. The molecule has 0 aliphatic rings. The number of anilines is 1. The van der Waals surface area contributed by atoms with E-state index >= 15 is 0 Å². The van der Waals surface area contributed by atoms with Gasteiger partial charge in [0.05, 0.1) is 6.61 Å². The van der Waals surface area contributed by atoms with Gasteiger partial charge in [-0.2, -0.15) is 0 Å². The van der Waals surface area contributed by atoms with Crippen LogP contribution in [0.5, 0.6) is 0 Å². The van der Waals surface area contributed by atoms with Crippen LogP contribution in [-0.2, 0) is 6.54 Å². The van der Waals surface area contributed by atoms with Gasteiger partial charge >= 0.3 is 0 Å². The van der Waals surface area contributed by atoms with Crippen LogP contribution in [0.1, 0.15) is 5.56 Å². The average molecular weight is 194 g/mol. The molecule has 0 amide bonds. The molecular weight excluding hydrogens is 176 g/mol. The summed E-state index contributed by atoms with van der Waals surface area (Å²) in [5.74, 6) is 0. The van der Waals surface area contributed by atoms with Crippen molar-refractivity contribution in [3.8, 4) is 0 Å². The second-order valence-corrected chi connectivity index (χ2v) is 3.34. The molecule has 1 rings (SSSR count). The molecule has 0 heterocycles. The number of hydrogen-bond donors (Lipinski definition) is 2. The standard InChI is InChI=1S/C11H18N2O/c1-12-9-10-3-5-11(6-4-10)13(2)7-8-14/h3-6,12,14H,7-9H2,1-2H3. The fourth-order valence-corrected chi connectivity index (χ4v) is 1.35. The van der Waals surface area contributed by atoms with Gasteiger partial charge < -0.3 is 15.3 Å². The molecule has 0 aliphatic carbocycles. The molecule has 0 radical (unpaired) electrons. The smallest absolute Gasteiger partial charge is 0.0606 e. The molecule has 0 bridgehead atoms. The maximum atomic E-state index is 8.79. The second-order valence-electron chi connectivity index (χ2n) is 3.34. The Morgan fingerprint density at radius 2 is 1.93 bits per heavy atom. The van der Waals surface area contributed by atoms with E-state index in [0.717, 1.165) is 12.2 Å². The molecule has 3 heteroatoms. The minimum absolute atomic E-state index is 0.189. The third kappa shape index (κ3) is 3.01. The Bertz CT molecular complexity index is 258. The summed E-state index contributed by atoms with van der Waals surface area (Å²) in [5.41, 5.74) is 2.41. The van der Waals surface area contributed by atoms with Crippen LogP contribution in [0.3, 0.4) is 0 Å². The predicted molar refractivity (Wildman–Crippen MR) is 59.6 cm³/mol. The summed E-state index contributed by atoms with van der Waals surface area (Å²) in [7, 11) is 3.91. The third-order valence-corrected chi connectivity index (χ3v) is 2.19. The van der Waals surface area contributed by atoms with Gasteiger partial charge in [0.2, 0.25) is 0 Å². The molecule has 0 saturated heterocycles. The van der Waals surface area contributed by atoms with Crippen LogP contribution in [-0.4, -0.2) is 32.4 Å². The minimum atomic E-state index is 0.189. The van der Waals surface area contributed by atoms with Crippen molar-refractivity contribution in [3.63, 3.8) is 0 Å². The summed E-state index contributed by atoms with van der Waals surface area (Å²) >= 11 is 0. The van der Waals surface area contributed by atoms with Gasteiger partial charge in [0, 0.05) is 25.8 Å². The number of benzene rings is 1. The highest BCUT2D eigenvalue weighted by atomic mass is 16.3. The Morgan fingerprint density at radius 1 is 1.29 bits per heavy atom. The van der Waals surface area contributed by atoms with E-state index in [1.165, 1.54) is 5.56 Å². The Kier molecular flexibility index (Phi) is 4.43. The zero-order valence-corrected chi connectivity index (χ0v) is 8.83. The number of aliphatic hydroxyl groups is 1. The molecule has 0 saturated carbocycles. The van der Waals surface area contributed by atoms with Crippen LogP contribution in [0.25, 0.3) is 0 Å². The van der Waals surface area contributed by atoms with E-state index in [-0.39, 0.29) is 6.61 Å². The van der Waals surface area contributed by atoms with Gasteiger partial charge in [0.25, 0.3) is 0 Å². The fraction of sp³-hybridized carbons (Fsp3) is 0.455. The molecule has 0 aromatic heterocycles. The number of rotatable bonds is 5. The summed E-state index contributed by atoms with van der Waals surface area (Å²) in [6, 6.07) is 8.34. The molecule has 3 nitrogen and oxygen atoms in total. The lowest BCUT2D eigenvalue weighted by molar-refractivity contribution is 0.304. The molecule has 78 valence electrons. The summed E-state index contributed by atoms with van der Waals surface area (Å²) in [6.45, 7) is 1.75. The van der Waals surface area contributed by atoms with E-state index in [9.17, 15) is 0 Å². The van der Waals surface area contributed by atoms with Gasteiger partial charge in [-0.15, -0.1) is 0 Å². The van der Waals surface area contributed by atoms with E-state index in [1.807, 2.05) is 19.0 Å². The topological polar surface area (TPSA) is 35.5 Å². The van der Waals surface area contributed by atoms with Crippen molar-refractivity contribution in [1.29, 1.82) is 0 Å². The molecule has 0 aliphatic heterocycles. The summed E-state index contributed by atoms with van der Waals surface area (Å²) < 4.78 is 0. The lowest BCUT2D eigenvalue weighted by atomic mass is 10.2. The number of hydrogen-bond acceptors (Lipinski definition) is 3.